The minimum atomic E-state index is -0.444. The Hall–Kier alpha value is -0.810. The molecular formula is C15H30N2O3. The van der Waals surface area contributed by atoms with Gasteiger partial charge in [0, 0.05) is 25.2 Å². The van der Waals surface area contributed by atoms with Crippen LogP contribution in [0.25, 0.3) is 0 Å². The minimum Gasteiger partial charge on any atom is -0.444 e. The predicted molar refractivity (Wildman–Crippen MR) is 79.7 cm³/mol. The molecule has 118 valence electrons. The molecule has 1 saturated heterocycles. The van der Waals surface area contributed by atoms with Crippen molar-refractivity contribution in [1.82, 2.24) is 10.2 Å². The van der Waals surface area contributed by atoms with E-state index in [1.54, 1.807) is 0 Å². The van der Waals surface area contributed by atoms with Gasteiger partial charge in [0.2, 0.25) is 0 Å². The van der Waals surface area contributed by atoms with E-state index in [1.807, 2.05) is 20.8 Å². The Labute approximate surface area is 122 Å². The van der Waals surface area contributed by atoms with Crippen LogP contribution in [0.15, 0.2) is 0 Å². The van der Waals surface area contributed by atoms with Crippen molar-refractivity contribution in [2.45, 2.75) is 71.1 Å². The van der Waals surface area contributed by atoms with E-state index in [0.29, 0.717) is 6.04 Å². The lowest BCUT2D eigenvalue weighted by atomic mass is 9.98. The molecule has 1 rings (SSSR count). The van der Waals surface area contributed by atoms with Crippen molar-refractivity contribution in [1.29, 1.82) is 0 Å². The lowest BCUT2D eigenvalue weighted by Crippen LogP contribution is -2.49. The quantitative estimate of drug-likeness (QED) is 0.760. The van der Waals surface area contributed by atoms with Gasteiger partial charge < -0.3 is 20.1 Å². The van der Waals surface area contributed by atoms with E-state index < -0.39 is 5.60 Å². The minimum absolute atomic E-state index is 0.203. The SMILES string of the molecule is CC1CC(NC(=O)OC(C)(C)C)CCN1CCCCO. The van der Waals surface area contributed by atoms with Gasteiger partial charge in [0.05, 0.1) is 0 Å². The first kappa shape index (κ1) is 17.2. The summed E-state index contributed by atoms with van der Waals surface area (Å²) in [6.45, 7) is 10.1. The third kappa shape index (κ3) is 6.57. The summed E-state index contributed by atoms with van der Waals surface area (Å²) in [4.78, 5) is 14.2. The van der Waals surface area contributed by atoms with Gasteiger partial charge in [-0.05, 0) is 59.9 Å². The first-order valence-corrected chi connectivity index (χ1v) is 7.66. The molecule has 2 unspecified atom stereocenters. The van der Waals surface area contributed by atoms with E-state index >= 15 is 0 Å². The molecule has 0 saturated carbocycles. The van der Waals surface area contributed by atoms with Gasteiger partial charge in [0.1, 0.15) is 5.60 Å². The van der Waals surface area contributed by atoms with E-state index in [-0.39, 0.29) is 18.7 Å². The molecule has 0 aromatic carbocycles. The zero-order valence-corrected chi connectivity index (χ0v) is 13.3. The molecule has 1 fully saturated rings. The highest BCUT2D eigenvalue weighted by Crippen LogP contribution is 2.18. The second kappa shape index (κ2) is 7.84. The highest BCUT2D eigenvalue weighted by molar-refractivity contribution is 5.68. The molecule has 2 N–H and O–H groups in total. The summed E-state index contributed by atoms with van der Waals surface area (Å²) in [5, 5.41) is 11.8. The molecule has 0 aromatic rings. The molecule has 5 nitrogen and oxygen atoms in total. The number of likely N-dealkylation sites (tertiary alicyclic amines) is 1. The molecule has 0 aromatic heterocycles. The standard InChI is InChI=1S/C15H30N2O3/c1-12-11-13(16-14(19)20-15(2,3)4)7-9-17(12)8-5-6-10-18/h12-13,18H,5-11H2,1-4H3,(H,16,19). The number of amides is 1. The zero-order valence-electron chi connectivity index (χ0n) is 13.3. The Balaban J connectivity index is 2.30. The van der Waals surface area contributed by atoms with Crippen LogP contribution in [0.1, 0.15) is 53.4 Å². The summed E-state index contributed by atoms with van der Waals surface area (Å²) in [6, 6.07) is 0.663. The van der Waals surface area contributed by atoms with Crippen LogP contribution in [0.2, 0.25) is 0 Å². The summed E-state index contributed by atoms with van der Waals surface area (Å²) >= 11 is 0. The van der Waals surface area contributed by atoms with E-state index in [1.165, 1.54) is 0 Å². The van der Waals surface area contributed by atoms with Gasteiger partial charge >= 0.3 is 6.09 Å². The fourth-order valence-corrected chi connectivity index (χ4v) is 2.58. The largest absolute Gasteiger partial charge is 0.444 e. The van der Waals surface area contributed by atoms with Crippen LogP contribution in [-0.4, -0.2) is 53.5 Å². The number of ether oxygens (including phenoxy) is 1. The molecule has 0 aliphatic carbocycles. The van der Waals surface area contributed by atoms with Crippen LogP contribution in [0, 0.1) is 0 Å². The molecule has 1 amide bonds. The number of alkyl carbamates (subject to hydrolysis) is 1. The number of carbonyl (C=O) groups is 1. The van der Waals surface area contributed by atoms with Crippen molar-refractivity contribution in [2.24, 2.45) is 0 Å². The Kier molecular flexibility index (Phi) is 6.76. The van der Waals surface area contributed by atoms with Crippen LogP contribution in [0.4, 0.5) is 4.79 Å². The van der Waals surface area contributed by atoms with E-state index in [4.69, 9.17) is 9.84 Å². The molecule has 1 heterocycles. The van der Waals surface area contributed by atoms with Crippen LogP contribution in [0.5, 0.6) is 0 Å². The Morgan fingerprint density at radius 3 is 2.65 bits per heavy atom. The summed E-state index contributed by atoms with van der Waals surface area (Å²) in [6.07, 6.45) is 3.50. The summed E-state index contributed by atoms with van der Waals surface area (Å²) in [5.74, 6) is 0. The number of carbonyl (C=O) groups excluding carboxylic acids is 1. The molecule has 5 heteroatoms. The monoisotopic (exact) mass is 286 g/mol. The highest BCUT2D eigenvalue weighted by Gasteiger charge is 2.27. The normalized spacial score (nSPS) is 24.4. The van der Waals surface area contributed by atoms with E-state index in [2.05, 4.69) is 17.1 Å². The number of aliphatic hydroxyl groups is 1. The first-order chi connectivity index (χ1) is 9.31. The van der Waals surface area contributed by atoms with Crippen molar-refractivity contribution in [3.8, 4) is 0 Å². The third-order valence-electron chi connectivity index (χ3n) is 3.59. The maximum absolute atomic E-state index is 11.8. The Morgan fingerprint density at radius 2 is 2.10 bits per heavy atom. The fourth-order valence-electron chi connectivity index (χ4n) is 2.58. The maximum Gasteiger partial charge on any atom is 0.407 e. The lowest BCUT2D eigenvalue weighted by molar-refractivity contribution is 0.0455. The summed E-state index contributed by atoms with van der Waals surface area (Å²) in [7, 11) is 0. The second-order valence-corrected chi connectivity index (χ2v) is 6.68. The van der Waals surface area contributed by atoms with Gasteiger partial charge in [-0.25, -0.2) is 4.79 Å². The van der Waals surface area contributed by atoms with Gasteiger partial charge in [-0.3, -0.25) is 0 Å². The van der Waals surface area contributed by atoms with Gasteiger partial charge in [0.25, 0.3) is 0 Å². The molecule has 0 radical (unpaired) electrons. The van der Waals surface area contributed by atoms with Crippen LogP contribution < -0.4 is 5.32 Å². The number of unbranched alkanes of at least 4 members (excludes halogenated alkanes) is 1. The molecular weight excluding hydrogens is 256 g/mol. The van der Waals surface area contributed by atoms with Crippen LogP contribution in [-0.2, 0) is 4.74 Å². The van der Waals surface area contributed by atoms with Crippen molar-refractivity contribution in [3.63, 3.8) is 0 Å². The van der Waals surface area contributed by atoms with Crippen molar-refractivity contribution in [3.05, 3.63) is 0 Å². The van der Waals surface area contributed by atoms with Crippen LogP contribution in [0.3, 0.4) is 0 Å². The summed E-state index contributed by atoms with van der Waals surface area (Å²) in [5.41, 5.74) is -0.444. The van der Waals surface area contributed by atoms with Crippen molar-refractivity contribution < 1.29 is 14.6 Å². The fraction of sp³-hybridized carbons (Fsp3) is 0.933. The van der Waals surface area contributed by atoms with Crippen LogP contribution >= 0.6 is 0 Å². The average molecular weight is 286 g/mol. The molecule has 20 heavy (non-hydrogen) atoms. The molecule has 0 bridgehead atoms. The highest BCUT2D eigenvalue weighted by atomic mass is 16.6. The number of hydrogen-bond acceptors (Lipinski definition) is 4. The van der Waals surface area contributed by atoms with Gasteiger partial charge in [-0.2, -0.15) is 0 Å². The van der Waals surface area contributed by atoms with E-state index in [9.17, 15) is 4.79 Å². The number of hydrogen-bond donors (Lipinski definition) is 2. The topological polar surface area (TPSA) is 61.8 Å². The Morgan fingerprint density at radius 1 is 1.40 bits per heavy atom. The molecule has 0 spiro atoms. The molecule has 2 atom stereocenters. The van der Waals surface area contributed by atoms with Gasteiger partial charge in [-0.1, -0.05) is 0 Å². The zero-order chi connectivity index (χ0) is 15.2. The second-order valence-electron chi connectivity index (χ2n) is 6.68. The summed E-state index contributed by atoms with van der Waals surface area (Å²) < 4.78 is 5.29. The van der Waals surface area contributed by atoms with Crippen molar-refractivity contribution in [2.75, 3.05) is 19.7 Å². The van der Waals surface area contributed by atoms with Gasteiger partial charge in [0.15, 0.2) is 0 Å². The van der Waals surface area contributed by atoms with E-state index in [0.717, 1.165) is 38.8 Å². The number of rotatable bonds is 5. The molecule has 1 aliphatic rings. The number of nitrogens with zero attached hydrogens (tertiary/aromatic N) is 1. The third-order valence-corrected chi connectivity index (χ3v) is 3.59. The maximum atomic E-state index is 11.8. The van der Waals surface area contributed by atoms with Gasteiger partial charge in [-0.15, -0.1) is 0 Å². The number of piperidine rings is 1. The predicted octanol–water partition coefficient (Wildman–Crippen LogP) is 2.14. The Bertz CT molecular complexity index is 302. The first-order valence-electron chi connectivity index (χ1n) is 7.66. The average Bonchev–Trinajstić information content (AvgIpc) is 2.29. The number of aliphatic hydroxyl groups excluding tert-OH is 1. The lowest BCUT2D eigenvalue weighted by Gasteiger charge is -2.38. The molecule has 1 aliphatic heterocycles. The smallest absolute Gasteiger partial charge is 0.407 e. The number of nitrogens with one attached hydrogen (secondary N) is 1. The van der Waals surface area contributed by atoms with Crippen molar-refractivity contribution >= 4 is 6.09 Å².